The van der Waals surface area contributed by atoms with E-state index >= 15 is 0 Å². The number of hydrogen-bond acceptors (Lipinski definition) is 2. The zero-order chi connectivity index (χ0) is 14.1. The number of amides is 1. The Kier molecular flexibility index (Phi) is 6.62. The molecule has 1 rings (SSSR count). The third-order valence-corrected chi connectivity index (χ3v) is 2.59. The SMILES string of the molecule is CCCCCNC(=O)c1cc(C#CCO)ccc1F. The van der Waals surface area contributed by atoms with Crippen LogP contribution in [0.25, 0.3) is 0 Å². The molecular weight excluding hydrogens is 245 g/mol. The quantitative estimate of drug-likeness (QED) is 0.631. The second kappa shape index (κ2) is 8.28. The summed E-state index contributed by atoms with van der Waals surface area (Å²) < 4.78 is 13.6. The van der Waals surface area contributed by atoms with Crippen LogP contribution in [0.15, 0.2) is 18.2 Å². The Morgan fingerprint density at radius 2 is 2.21 bits per heavy atom. The molecule has 2 N–H and O–H groups in total. The molecule has 0 heterocycles. The maximum absolute atomic E-state index is 13.6. The number of nitrogens with one attached hydrogen (secondary N) is 1. The Hall–Kier alpha value is -1.86. The van der Waals surface area contributed by atoms with Crippen LogP contribution in [0.1, 0.15) is 42.1 Å². The van der Waals surface area contributed by atoms with Crippen molar-refractivity contribution in [2.24, 2.45) is 0 Å². The molecule has 0 aromatic heterocycles. The highest BCUT2D eigenvalue weighted by Crippen LogP contribution is 2.10. The summed E-state index contributed by atoms with van der Waals surface area (Å²) in [6.45, 7) is 2.35. The van der Waals surface area contributed by atoms with Gasteiger partial charge in [0.15, 0.2) is 0 Å². The van der Waals surface area contributed by atoms with Crippen LogP contribution in [0.5, 0.6) is 0 Å². The van der Waals surface area contributed by atoms with Crippen LogP contribution < -0.4 is 5.32 Å². The van der Waals surface area contributed by atoms with Crippen LogP contribution in [0.4, 0.5) is 4.39 Å². The maximum Gasteiger partial charge on any atom is 0.254 e. The standard InChI is InChI=1S/C15H18FNO2/c1-2-3-4-9-17-15(19)13-11-12(6-5-10-18)7-8-14(13)16/h7-8,11,18H,2-4,9-10H2,1H3,(H,17,19). The minimum Gasteiger partial charge on any atom is -0.384 e. The van der Waals surface area contributed by atoms with E-state index in [2.05, 4.69) is 24.1 Å². The Labute approximate surface area is 112 Å². The van der Waals surface area contributed by atoms with Crippen molar-refractivity contribution < 1.29 is 14.3 Å². The fourth-order valence-corrected chi connectivity index (χ4v) is 1.59. The van der Waals surface area contributed by atoms with Crippen molar-refractivity contribution in [2.45, 2.75) is 26.2 Å². The first kappa shape index (κ1) is 15.2. The topological polar surface area (TPSA) is 49.3 Å². The molecule has 1 aromatic rings. The first-order valence-electron chi connectivity index (χ1n) is 6.36. The first-order chi connectivity index (χ1) is 9.19. The molecule has 102 valence electrons. The van der Waals surface area contributed by atoms with Gasteiger partial charge in [-0.2, -0.15) is 0 Å². The molecule has 3 nitrogen and oxygen atoms in total. The largest absolute Gasteiger partial charge is 0.384 e. The molecule has 0 aliphatic heterocycles. The highest BCUT2D eigenvalue weighted by Gasteiger charge is 2.11. The maximum atomic E-state index is 13.6. The number of halogens is 1. The molecular formula is C15H18FNO2. The third kappa shape index (κ3) is 5.11. The van der Waals surface area contributed by atoms with Crippen LogP contribution in [0.2, 0.25) is 0 Å². The highest BCUT2D eigenvalue weighted by atomic mass is 19.1. The zero-order valence-electron chi connectivity index (χ0n) is 11.0. The van der Waals surface area contributed by atoms with E-state index in [9.17, 15) is 9.18 Å². The summed E-state index contributed by atoms with van der Waals surface area (Å²) in [7, 11) is 0. The molecule has 0 aliphatic rings. The molecule has 19 heavy (non-hydrogen) atoms. The van der Waals surface area contributed by atoms with Gasteiger partial charge in [-0.3, -0.25) is 4.79 Å². The molecule has 0 radical (unpaired) electrons. The lowest BCUT2D eigenvalue weighted by atomic mass is 10.1. The highest BCUT2D eigenvalue weighted by molar-refractivity contribution is 5.94. The van der Waals surface area contributed by atoms with E-state index in [-0.39, 0.29) is 12.2 Å². The van der Waals surface area contributed by atoms with E-state index in [1.54, 1.807) is 0 Å². The second-order valence-corrected chi connectivity index (χ2v) is 4.12. The lowest BCUT2D eigenvalue weighted by molar-refractivity contribution is 0.0949. The van der Waals surface area contributed by atoms with Crippen molar-refractivity contribution >= 4 is 5.91 Å². The van der Waals surface area contributed by atoms with Crippen LogP contribution in [-0.2, 0) is 0 Å². The Morgan fingerprint density at radius 1 is 1.42 bits per heavy atom. The molecule has 1 aromatic carbocycles. The van der Waals surface area contributed by atoms with Crippen molar-refractivity contribution in [2.75, 3.05) is 13.2 Å². The minimum atomic E-state index is -0.567. The Bertz CT molecular complexity index is 489. The molecule has 0 saturated heterocycles. The number of carbonyl (C=O) groups is 1. The van der Waals surface area contributed by atoms with Crippen molar-refractivity contribution in [3.05, 3.63) is 35.1 Å². The van der Waals surface area contributed by atoms with Gasteiger partial charge in [0.25, 0.3) is 5.91 Å². The summed E-state index contributed by atoms with van der Waals surface area (Å²) in [6.07, 6.45) is 2.98. The van der Waals surface area contributed by atoms with E-state index in [0.717, 1.165) is 19.3 Å². The smallest absolute Gasteiger partial charge is 0.254 e. The summed E-state index contributed by atoms with van der Waals surface area (Å²) in [6, 6.07) is 4.08. The number of benzene rings is 1. The van der Waals surface area contributed by atoms with E-state index in [0.29, 0.717) is 12.1 Å². The molecule has 0 saturated carbocycles. The monoisotopic (exact) mass is 263 g/mol. The van der Waals surface area contributed by atoms with Crippen LogP contribution in [0.3, 0.4) is 0 Å². The molecule has 0 aliphatic carbocycles. The van der Waals surface area contributed by atoms with Crippen LogP contribution >= 0.6 is 0 Å². The minimum absolute atomic E-state index is 0.0127. The van der Waals surface area contributed by atoms with Crippen LogP contribution in [0, 0.1) is 17.7 Å². The van der Waals surface area contributed by atoms with Gasteiger partial charge in [0.05, 0.1) is 5.56 Å². The number of rotatable bonds is 5. The average molecular weight is 263 g/mol. The molecule has 0 spiro atoms. The lowest BCUT2D eigenvalue weighted by Crippen LogP contribution is -2.25. The molecule has 0 fully saturated rings. The molecule has 4 heteroatoms. The predicted octanol–water partition coefficient (Wildman–Crippen LogP) is 2.09. The molecule has 0 bridgehead atoms. The second-order valence-electron chi connectivity index (χ2n) is 4.12. The fraction of sp³-hybridized carbons (Fsp3) is 0.400. The van der Waals surface area contributed by atoms with Gasteiger partial charge in [0.2, 0.25) is 0 Å². The van der Waals surface area contributed by atoms with Crippen molar-refractivity contribution in [1.29, 1.82) is 0 Å². The van der Waals surface area contributed by atoms with Gasteiger partial charge in [-0.25, -0.2) is 4.39 Å². The number of aliphatic hydroxyl groups is 1. The van der Waals surface area contributed by atoms with Crippen molar-refractivity contribution in [1.82, 2.24) is 5.32 Å². The van der Waals surface area contributed by atoms with E-state index in [4.69, 9.17) is 5.11 Å². The van der Waals surface area contributed by atoms with Crippen molar-refractivity contribution in [3.63, 3.8) is 0 Å². The number of hydrogen-bond donors (Lipinski definition) is 2. The lowest BCUT2D eigenvalue weighted by Gasteiger charge is -2.06. The van der Waals surface area contributed by atoms with E-state index in [1.807, 2.05) is 0 Å². The van der Waals surface area contributed by atoms with Gasteiger partial charge in [-0.05, 0) is 24.6 Å². The van der Waals surface area contributed by atoms with Crippen molar-refractivity contribution in [3.8, 4) is 11.8 Å². The summed E-state index contributed by atoms with van der Waals surface area (Å²) in [5.74, 6) is 4.11. The van der Waals surface area contributed by atoms with E-state index < -0.39 is 11.7 Å². The molecule has 0 unspecified atom stereocenters. The first-order valence-corrected chi connectivity index (χ1v) is 6.36. The summed E-state index contributed by atoms with van der Waals surface area (Å²) in [5, 5.41) is 11.3. The molecule has 1 amide bonds. The number of aliphatic hydroxyl groups excluding tert-OH is 1. The number of unbranched alkanes of at least 4 members (excludes halogenated alkanes) is 2. The third-order valence-electron chi connectivity index (χ3n) is 2.59. The summed E-state index contributed by atoms with van der Waals surface area (Å²) in [5.41, 5.74) is 0.496. The number of carbonyl (C=O) groups excluding carboxylic acids is 1. The predicted molar refractivity (Wildman–Crippen MR) is 72.2 cm³/mol. The van der Waals surface area contributed by atoms with E-state index in [1.165, 1.54) is 18.2 Å². The normalized spacial score (nSPS) is 9.63. The fourth-order valence-electron chi connectivity index (χ4n) is 1.59. The van der Waals surface area contributed by atoms with Gasteiger partial charge in [-0.1, -0.05) is 31.6 Å². The zero-order valence-corrected chi connectivity index (χ0v) is 11.0. The Morgan fingerprint density at radius 3 is 2.89 bits per heavy atom. The van der Waals surface area contributed by atoms with Gasteiger partial charge in [-0.15, -0.1) is 0 Å². The van der Waals surface area contributed by atoms with Crippen LogP contribution in [-0.4, -0.2) is 24.2 Å². The van der Waals surface area contributed by atoms with Gasteiger partial charge in [0.1, 0.15) is 12.4 Å². The average Bonchev–Trinajstić information content (AvgIpc) is 2.42. The molecule has 0 atom stereocenters. The van der Waals surface area contributed by atoms with Gasteiger partial charge < -0.3 is 10.4 Å². The summed E-state index contributed by atoms with van der Waals surface area (Å²) >= 11 is 0. The van der Waals surface area contributed by atoms with Gasteiger partial charge >= 0.3 is 0 Å². The Balaban J connectivity index is 2.72. The van der Waals surface area contributed by atoms with Gasteiger partial charge in [0, 0.05) is 12.1 Å². The summed E-state index contributed by atoms with van der Waals surface area (Å²) in [4.78, 5) is 11.8.